The number of aliphatic hydroxyl groups is 3. The van der Waals surface area contributed by atoms with Crippen LogP contribution in [-0.2, 0) is 41.4 Å². The van der Waals surface area contributed by atoms with Crippen LogP contribution >= 0.6 is 27.2 Å². The van der Waals surface area contributed by atoms with E-state index < -0.39 is 108 Å². The van der Waals surface area contributed by atoms with E-state index in [1.807, 2.05) is 0 Å². The number of aliphatic hydroxyl groups excluding tert-OH is 3. The summed E-state index contributed by atoms with van der Waals surface area (Å²) >= 11 is 6.36. The molecule has 77 heavy (non-hydrogen) atoms. The Bertz CT molecular complexity index is 2960. The lowest BCUT2D eigenvalue weighted by Gasteiger charge is -2.31. The van der Waals surface area contributed by atoms with E-state index in [-0.39, 0.29) is 50.9 Å². The SMILES string of the molecule is CC[NH+](CC)CC.CC[NH+](CC)CC.Nc1ncnc2c1ncn2[C@@H]1O[C@H](COP(=O)([O-])O[C@@H]2[C@H](O)[C@@H](COP(=O)([O-])O[C@@H]3[C@H](O)[C@@H](CO)O[C@H]3n3cnc4c(N)ncnc43)O[C@H]2n2cnc3c(N)ncnc32)[C@@H](F)[C@H]1Cl. The molecule has 2 unspecified atom stereocenters. The number of anilines is 3. The van der Waals surface area contributed by atoms with Crippen molar-refractivity contribution in [2.45, 2.75) is 115 Å². The highest BCUT2D eigenvalue weighted by molar-refractivity contribution is 7.46. The van der Waals surface area contributed by atoms with Gasteiger partial charge in [0.15, 0.2) is 53.1 Å². The summed E-state index contributed by atoms with van der Waals surface area (Å²) < 4.78 is 83.9. The van der Waals surface area contributed by atoms with Gasteiger partial charge >= 0.3 is 0 Å². The lowest BCUT2D eigenvalue weighted by Crippen LogP contribution is -3.11. The van der Waals surface area contributed by atoms with Gasteiger partial charge < -0.3 is 84.4 Å². The number of aromatic nitrogens is 12. The minimum absolute atomic E-state index is 0.0151. The third kappa shape index (κ3) is 13.3. The van der Waals surface area contributed by atoms with Crippen molar-refractivity contribution >= 4 is 78.2 Å². The van der Waals surface area contributed by atoms with Crippen LogP contribution < -0.4 is 36.8 Å². The van der Waals surface area contributed by atoms with Gasteiger partial charge in [-0.2, -0.15) is 0 Å². The smallest absolute Gasteiger partial charge is 0.268 e. The van der Waals surface area contributed by atoms with Crippen molar-refractivity contribution in [1.82, 2.24) is 58.6 Å². The average Bonchev–Trinajstić information content (AvgIpc) is 4.32. The molecule has 6 aromatic heterocycles. The van der Waals surface area contributed by atoms with Gasteiger partial charge in [-0.05, 0) is 41.5 Å². The summed E-state index contributed by atoms with van der Waals surface area (Å²) in [5, 5.41) is 30.8. The number of halogens is 2. The summed E-state index contributed by atoms with van der Waals surface area (Å²) in [6.07, 6.45) is -11.6. The number of fused-ring (bicyclic) bond motifs is 3. The first-order valence-corrected chi connectivity index (χ1v) is 28.1. The first-order valence-electron chi connectivity index (χ1n) is 24.7. The van der Waals surface area contributed by atoms with Gasteiger partial charge in [-0.25, -0.2) is 49.2 Å². The second-order valence-corrected chi connectivity index (χ2v) is 21.0. The van der Waals surface area contributed by atoms with Gasteiger partial charge in [-0.1, -0.05) is 0 Å². The number of nitrogens with one attached hydrogen (secondary N) is 2. The molecule has 6 aromatic rings. The summed E-state index contributed by atoms with van der Waals surface area (Å²) in [6, 6.07) is 0. The fourth-order valence-corrected chi connectivity index (χ4v) is 11.0. The second-order valence-electron chi connectivity index (χ2n) is 17.7. The van der Waals surface area contributed by atoms with E-state index in [1.165, 1.54) is 61.1 Å². The molecule has 3 saturated heterocycles. The fraction of sp³-hybridized carbons (Fsp3) is 0.643. The molecule has 0 saturated carbocycles. The molecule has 0 aliphatic carbocycles. The molecule has 0 spiro atoms. The quantitative estimate of drug-likeness (QED) is 0.0283. The van der Waals surface area contributed by atoms with Crippen molar-refractivity contribution < 1.29 is 80.7 Å². The molecule has 14 atom stereocenters. The number of hydrogen-bond acceptors (Lipinski definition) is 26. The molecule has 0 radical (unpaired) electrons. The molecule has 3 aliphatic heterocycles. The van der Waals surface area contributed by atoms with Crippen molar-refractivity contribution in [3.63, 3.8) is 0 Å². The zero-order valence-corrected chi connectivity index (χ0v) is 45.4. The van der Waals surface area contributed by atoms with Gasteiger partial charge in [0.05, 0.1) is 78.1 Å². The first-order chi connectivity index (χ1) is 36.7. The number of phosphoric ester groups is 2. The number of nitrogens with zero attached hydrogens (tertiary/aromatic N) is 12. The first kappa shape index (κ1) is 59.8. The Morgan fingerprint density at radius 2 is 0.935 bits per heavy atom. The van der Waals surface area contributed by atoms with E-state index in [0.717, 1.165) is 29.9 Å². The van der Waals surface area contributed by atoms with Crippen molar-refractivity contribution in [2.24, 2.45) is 0 Å². The number of hydrogen-bond donors (Lipinski definition) is 8. The molecular weight excluding hydrogens is 1080 g/mol. The largest absolute Gasteiger partial charge is 0.756 e. The predicted molar refractivity (Wildman–Crippen MR) is 267 cm³/mol. The van der Waals surface area contributed by atoms with Gasteiger partial charge in [-0.15, -0.1) is 11.6 Å². The maximum Gasteiger partial charge on any atom is 0.268 e. The lowest BCUT2D eigenvalue weighted by atomic mass is 10.1. The monoisotopic (exact) mass is 1150 g/mol. The van der Waals surface area contributed by atoms with Gasteiger partial charge in [-0.3, -0.25) is 22.8 Å². The standard InChI is InChI=1S/C30H35ClFN15O14P2.2C6H15N/c31-13-14(32)11(58-28(13)45-7-42-15-22(33)36-4-39-25(15)45)2-55-62(51,52)61-21-19(50)12(59-30(21)47-9-44-17-24(35)38-6-41-27(17)47)3-56-63(53,54)60-20-18(49)10(1-48)57-29(20)46-8-43-16-23(34)37-5-40-26(16)46;2*1-4-7(5-2)6-3/h4-14,18-21,28-30,48-50H,1-3H2,(H,51,52)(H,53,54)(H2,33,36,39)(H2,34,37,40)(H2,35,38,41);2*4-6H2,1-3H3/t10-,11-,12-,13-,14-,18-,19-,20-,21-,28-,29-,30-;;/m1../s1. The Hall–Kier alpha value is -4.83. The Kier molecular flexibility index (Phi) is 20.2. The number of nitrogens with two attached hydrogens (primary N) is 3. The van der Waals surface area contributed by atoms with Crippen LogP contribution in [0.3, 0.4) is 0 Å². The fourth-order valence-electron chi connectivity index (χ4n) is 8.80. The number of phosphoric acid groups is 2. The third-order valence-corrected chi connectivity index (χ3v) is 15.7. The molecule has 0 bridgehead atoms. The number of nitrogen functional groups attached to an aromatic ring is 3. The Balaban J connectivity index is 0.000000544. The molecule has 426 valence electrons. The van der Waals surface area contributed by atoms with E-state index in [2.05, 4.69) is 86.4 Å². The number of alkyl halides is 2. The van der Waals surface area contributed by atoms with Crippen molar-refractivity contribution in [3.05, 3.63) is 38.0 Å². The van der Waals surface area contributed by atoms with Crippen molar-refractivity contribution in [2.75, 3.05) is 76.3 Å². The molecule has 11 N–H and O–H groups in total. The Labute approximate surface area is 445 Å². The number of rotatable bonds is 20. The highest BCUT2D eigenvalue weighted by Gasteiger charge is 2.51. The zero-order valence-electron chi connectivity index (χ0n) is 42.8. The summed E-state index contributed by atoms with van der Waals surface area (Å²) in [7, 11) is -11.1. The number of imidazole rings is 3. The van der Waals surface area contributed by atoms with Gasteiger partial charge in [0.2, 0.25) is 0 Å². The van der Waals surface area contributed by atoms with Crippen LogP contribution in [0.4, 0.5) is 21.8 Å². The highest BCUT2D eigenvalue weighted by atomic mass is 35.5. The molecule has 31 nitrogen and oxygen atoms in total. The van der Waals surface area contributed by atoms with E-state index >= 15 is 4.39 Å². The minimum atomic E-state index is -5.57. The minimum Gasteiger partial charge on any atom is -0.756 e. The van der Waals surface area contributed by atoms with E-state index in [1.54, 1.807) is 9.80 Å². The summed E-state index contributed by atoms with van der Waals surface area (Å²) in [4.78, 5) is 66.3. The van der Waals surface area contributed by atoms with Gasteiger partial charge in [0.1, 0.15) is 89.8 Å². The molecule has 9 heterocycles. The number of quaternary nitrogens is 2. The van der Waals surface area contributed by atoms with Crippen LogP contribution in [0.2, 0.25) is 0 Å². The third-order valence-electron chi connectivity index (χ3n) is 13.3. The number of ether oxygens (including phenoxy) is 3. The average molecular weight is 1150 g/mol. The lowest BCUT2D eigenvalue weighted by molar-refractivity contribution is -0.894. The summed E-state index contributed by atoms with van der Waals surface area (Å²) in [5.74, 6) is -0.0560. The van der Waals surface area contributed by atoms with Crippen LogP contribution in [0.25, 0.3) is 33.5 Å². The molecule has 0 aromatic carbocycles. The van der Waals surface area contributed by atoms with Crippen LogP contribution in [0.1, 0.15) is 60.2 Å². The molecule has 35 heteroatoms. The van der Waals surface area contributed by atoms with Crippen molar-refractivity contribution in [3.8, 4) is 0 Å². The molecule has 3 fully saturated rings. The maximum absolute atomic E-state index is 15.5. The van der Waals surface area contributed by atoms with Crippen LogP contribution in [0, 0.1) is 0 Å². The molecule has 9 rings (SSSR count). The second kappa shape index (κ2) is 26.0. The van der Waals surface area contributed by atoms with Crippen LogP contribution in [0.15, 0.2) is 38.0 Å². The summed E-state index contributed by atoms with van der Waals surface area (Å²) in [5.41, 5.74) is 18.2. The van der Waals surface area contributed by atoms with E-state index in [4.69, 9.17) is 61.1 Å². The highest BCUT2D eigenvalue weighted by Crippen LogP contribution is 2.50. The van der Waals surface area contributed by atoms with Crippen molar-refractivity contribution in [1.29, 1.82) is 0 Å². The van der Waals surface area contributed by atoms with Gasteiger partial charge in [0, 0.05) is 0 Å². The zero-order chi connectivity index (χ0) is 55.9. The molecule has 0 amide bonds. The predicted octanol–water partition coefficient (Wildman–Crippen LogP) is -2.79. The van der Waals surface area contributed by atoms with Crippen LogP contribution in [-0.4, -0.2) is 187 Å². The van der Waals surface area contributed by atoms with E-state index in [9.17, 15) is 34.2 Å². The Morgan fingerprint density at radius 1 is 0.597 bits per heavy atom. The van der Waals surface area contributed by atoms with Gasteiger partial charge in [0.25, 0.3) is 15.6 Å². The van der Waals surface area contributed by atoms with E-state index in [0.29, 0.717) is 0 Å². The molecular formula is C42H65ClFN17O14P2. The summed E-state index contributed by atoms with van der Waals surface area (Å²) in [6.45, 7) is 18.2. The molecule has 3 aliphatic rings. The maximum atomic E-state index is 15.5. The van der Waals surface area contributed by atoms with Crippen LogP contribution in [0.5, 0.6) is 0 Å². The topological polar surface area (TPSA) is 423 Å². The normalized spacial score (nSPS) is 28.0. The Morgan fingerprint density at radius 3 is 1.30 bits per heavy atom.